The molecule has 2 aromatic rings. The lowest BCUT2D eigenvalue weighted by atomic mass is 10.2. The van der Waals surface area contributed by atoms with E-state index in [1.807, 2.05) is 39.0 Å². The van der Waals surface area contributed by atoms with E-state index in [-0.39, 0.29) is 6.03 Å². The molecule has 0 unspecified atom stereocenters. The highest BCUT2D eigenvalue weighted by atomic mass is 16.5. The van der Waals surface area contributed by atoms with Crippen LogP contribution in [0.2, 0.25) is 0 Å². The van der Waals surface area contributed by atoms with E-state index in [1.54, 1.807) is 0 Å². The first kappa shape index (κ1) is 16.2. The molecule has 1 aromatic heterocycles. The van der Waals surface area contributed by atoms with E-state index < -0.39 is 0 Å². The number of hydrogen-bond donors (Lipinski definition) is 2. The van der Waals surface area contributed by atoms with Gasteiger partial charge in [-0.15, -0.1) is 0 Å². The van der Waals surface area contributed by atoms with E-state index >= 15 is 0 Å². The number of nitrogens with zero attached hydrogens (tertiary/aromatic N) is 2. The van der Waals surface area contributed by atoms with Gasteiger partial charge < -0.3 is 15.4 Å². The van der Waals surface area contributed by atoms with Gasteiger partial charge in [0.1, 0.15) is 0 Å². The maximum absolute atomic E-state index is 11.8. The molecular formula is C16H22N4O2. The number of anilines is 1. The molecule has 2 amide bonds. The first-order valence-corrected chi connectivity index (χ1v) is 7.47. The fraction of sp³-hybridized carbons (Fsp3) is 0.438. The molecule has 118 valence electrons. The summed E-state index contributed by atoms with van der Waals surface area (Å²) in [7, 11) is 0. The highest BCUT2D eigenvalue weighted by molar-refractivity contribution is 5.91. The van der Waals surface area contributed by atoms with Crippen molar-refractivity contribution in [2.75, 3.05) is 25.1 Å². The summed E-state index contributed by atoms with van der Waals surface area (Å²) in [5, 5.41) is 5.59. The number of amides is 2. The van der Waals surface area contributed by atoms with E-state index in [1.165, 1.54) is 0 Å². The minimum atomic E-state index is -0.229. The summed E-state index contributed by atoms with van der Waals surface area (Å²) in [5.74, 6) is 0. The van der Waals surface area contributed by atoms with Gasteiger partial charge in [-0.25, -0.2) is 14.8 Å². The molecule has 2 rings (SSSR count). The van der Waals surface area contributed by atoms with Gasteiger partial charge >= 0.3 is 6.03 Å². The standard InChI is InChI=1S/C16H22N4O2/c1-4-22-9-5-8-17-16(21)20-13-6-7-14-15(10-13)19-12(3)11(2)18-14/h6-7,10H,4-5,8-9H2,1-3H3,(H2,17,20,21). The van der Waals surface area contributed by atoms with Crippen LogP contribution in [-0.2, 0) is 4.74 Å². The van der Waals surface area contributed by atoms with Gasteiger partial charge in [0, 0.05) is 25.4 Å². The number of urea groups is 1. The summed E-state index contributed by atoms with van der Waals surface area (Å²) >= 11 is 0. The fourth-order valence-electron chi connectivity index (χ4n) is 2.00. The highest BCUT2D eigenvalue weighted by Gasteiger charge is 2.05. The molecule has 6 heteroatoms. The molecule has 0 fully saturated rings. The van der Waals surface area contributed by atoms with Gasteiger partial charge in [-0.2, -0.15) is 0 Å². The van der Waals surface area contributed by atoms with E-state index in [0.29, 0.717) is 25.4 Å². The molecule has 0 bridgehead atoms. The number of nitrogens with one attached hydrogen (secondary N) is 2. The van der Waals surface area contributed by atoms with Crippen LogP contribution in [0.25, 0.3) is 11.0 Å². The smallest absolute Gasteiger partial charge is 0.319 e. The van der Waals surface area contributed by atoms with Crippen molar-refractivity contribution in [2.24, 2.45) is 0 Å². The summed E-state index contributed by atoms with van der Waals surface area (Å²) in [4.78, 5) is 20.8. The molecule has 2 N–H and O–H groups in total. The Morgan fingerprint density at radius 1 is 1.18 bits per heavy atom. The normalized spacial score (nSPS) is 10.7. The Morgan fingerprint density at radius 2 is 1.91 bits per heavy atom. The van der Waals surface area contributed by atoms with Crippen LogP contribution in [0.1, 0.15) is 24.7 Å². The predicted molar refractivity (Wildman–Crippen MR) is 87.1 cm³/mol. The van der Waals surface area contributed by atoms with E-state index in [2.05, 4.69) is 20.6 Å². The van der Waals surface area contributed by atoms with Crippen LogP contribution in [0.15, 0.2) is 18.2 Å². The van der Waals surface area contributed by atoms with Crippen LogP contribution in [0.3, 0.4) is 0 Å². The van der Waals surface area contributed by atoms with Crippen LogP contribution in [0.5, 0.6) is 0 Å². The Hall–Kier alpha value is -2.21. The Kier molecular flexibility index (Phi) is 5.66. The van der Waals surface area contributed by atoms with Gasteiger partial charge in [-0.3, -0.25) is 0 Å². The molecule has 0 aliphatic carbocycles. The molecule has 0 atom stereocenters. The number of carbonyl (C=O) groups excluding carboxylic acids is 1. The van der Waals surface area contributed by atoms with Gasteiger partial charge in [-0.1, -0.05) is 0 Å². The van der Waals surface area contributed by atoms with Gasteiger partial charge in [0.25, 0.3) is 0 Å². The molecule has 22 heavy (non-hydrogen) atoms. The Labute approximate surface area is 130 Å². The van der Waals surface area contributed by atoms with Crippen LogP contribution in [-0.4, -0.2) is 35.8 Å². The van der Waals surface area contributed by atoms with Gasteiger partial charge in [0.05, 0.1) is 22.4 Å². The topological polar surface area (TPSA) is 76.1 Å². The minimum absolute atomic E-state index is 0.229. The third-order valence-corrected chi connectivity index (χ3v) is 3.29. The van der Waals surface area contributed by atoms with Crippen molar-refractivity contribution < 1.29 is 9.53 Å². The average Bonchev–Trinajstić information content (AvgIpc) is 2.48. The zero-order valence-corrected chi connectivity index (χ0v) is 13.3. The zero-order chi connectivity index (χ0) is 15.9. The zero-order valence-electron chi connectivity index (χ0n) is 13.3. The molecule has 0 saturated heterocycles. The molecule has 0 saturated carbocycles. The van der Waals surface area contributed by atoms with Gasteiger partial charge in [0.15, 0.2) is 0 Å². The largest absolute Gasteiger partial charge is 0.382 e. The van der Waals surface area contributed by atoms with Crippen LogP contribution < -0.4 is 10.6 Å². The van der Waals surface area contributed by atoms with E-state index in [4.69, 9.17) is 4.74 Å². The molecular weight excluding hydrogens is 280 g/mol. The predicted octanol–water partition coefficient (Wildman–Crippen LogP) is 2.79. The lowest BCUT2D eigenvalue weighted by Crippen LogP contribution is -2.30. The fourth-order valence-corrected chi connectivity index (χ4v) is 2.00. The molecule has 1 aromatic carbocycles. The van der Waals surface area contributed by atoms with Crippen molar-refractivity contribution in [3.63, 3.8) is 0 Å². The van der Waals surface area contributed by atoms with Crippen molar-refractivity contribution in [2.45, 2.75) is 27.2 Å². The van der Waals surface area contributed by atoms with Crippen LogP contribution in [0, 0.1) is 13.8 Å². The third kappa shape index (κ3) is 4.39. The SMILES string of the molecule is CCOCCCNC(=O)Nc1ccc2nc(C)c(C)nc2c1. The summed E-state index contributed by atoms with van der Waals surface area (Å²) in [6.07, 6.45) is 0.795. The van der Waals surface area contributed by atoms with Crippen molar-refractivity contribution in [1.29, 1.82) is 0 Å². The van der Waals surface area contributed by atoms with Crippen molar-refractivity contribution in [3.8, 4) is 0 Å². The van der Waals surface area contributed by atoms with Crippen molar-refractivity contribution >= 4 is 22.8 Å². The summed E-state index contributed by atoms with van der Waals surface area (Å²) in [6, 6.07) is 5.28. The number of aromatic nitrogens is 2. The first-order chi connectivity index (χ1) is 10.6. The van der Waals surface area contributed by atoms with Gasteiger partial charge in [-0.05, 0) is 45.4 Å². The Balaban J connectivity index is 1.93. The Bertz CT molecular complexity index is 658. The molecule has 0 aliphatic heterocycles. The molecule has 1 heterocycles. The van der Waals surface area contributed by atoms with Crippen LogP contribution in [0.4, 0.5) is 10.5 Å². The number of carbonyl (C=O) groups is 1. The second-order valence-electron chi connectivity index (χ2n) is 5.03. The monoisotopic (exact) mass is 302 g/mol. The molecule has 6 nitrogen and oxygen atoms in total. The maximum Gasteiger partial charge on any atom is 0.319 e. The number of ether oxygens (including phenoxy) is 1. The Morgan fingerprint density at radius 3 is 2.64 bits per heavy atom. The average molecular weight is 302 g/mol. The highest BCUT2D eigenvalue weighted by Crippen LogP contribution is 2.17. The van der Waals surface area contributed by atoms with E-state index in [0.717, 1.165) is 28.8 Å². The molecule has 0 spiro atoms. The summed E-state index contributed by atoms with van der Waals surface area (Å²) < 4.78 is 5.22. The quantitative estimate of drug-likeness (QED) is 0.805. The maximum atomic E-state index is 11.8. The number of fused-ring (bicyclic) bond motifs is 1. The number of hydrogen-bond acceptors (Lipinski definition) is 4. The molecule has 0 aliphatic rings. The molecule has 0 radical (unpaired) electrons. The number of benzene rings is 1. The second kappa shape index (κ2) is 7.70. The second-order valence-corrected chi connectivity index (χ2v) is 5.03. The first-order valence-electron chi connectivity index (χ1n) is 7.47. The lowest BCUT2D eigenvalue weighted by Gasteiger charge is -2.09. The van der Waals surface area contributed by atoms with Crippen molar-refractivity contribution in [1.82, 2.24) is 15.3 Å². The number of rotatable bonds is 6. The lowest BCUT2D eigenvalue weighted by molar-refractivity contribution is 0.145. The van der Waals surface area contributed by atoms with Crippen LogP contribution >= 0.6 is 0 Å². The summed E-state index contributed by atoms with van der Waals surface area (Å²) in [6.45, 7) is 7.74. The van der Waals surface area contributed by atoms with Crippen molar-refractivity contribution in [3.05, 3.63) is 29.6 Å². The third-order valence-electron chi connectivity index (χ3n) is 3.29. The van der Waals surface area contributed by atoms with E-state index in [9.17, 15) is 4.79 Å². The van der Waals surface area contributed by atoms with Gasteiger partial charge in [0.2, 0.25) is 0 Å². The number of aryl methyl sites for hydroxylation is 2. The summed E-state index contributed by atoms with van der Waals surface area (Å²) in [5.41, 5.74) is 4.11. The minimum Gasteiger partial charge on any atom is -0.382 e.